The van der Waals surface area contributed by atoms with Crippen LogP contribution in [0.25, 0.3) is 10.8 Å². The Kier molecular flexibility index (Phi) is 4.41. The van der Waals surface area contributed by atoms with Crippen molar-refractivity contribution in [2.75, 3.05) is 0 Å². The maximum Gasteiger partial charge on any atom is 0.216 e. The molecule has 4 aromatic rings. The van der Waals surface area contributed by atoms with E-state index >= 15 is 0 Å². The molecule has 1 N–H and O–H groups in total. The summed E-state index contributed by atoms with van der Waals surface area (Å²) in [6, 6.07) is 20.8. The summed E-state index contributed by atoms with van der Waals surface area (Å²) in [5.41, 5.74) is 1.52. The summed E-state index contributed by atoms with van der Waals surface area (Å²) in [5.74, 6) is 0.334. The minimum atomic E-state index is -0.332. The van der Waals surface area contributed by atoms with Gasteiger partial charge < -0.3 is 0 Å². The highest BCUT2D eigenvalue weighted by molar-refractivity contribution is 7.71. The SMILES string of the molecule is Fc1ccccc1/C=N\n1c(Cc2cccc3ccccc23)n[nH]c1=S. The van der Waals surface area contributed by atoms with Crippen LogP contribution in [0.5, 0.6) is 0 Å². The van der Waals surface area contributed by atoms with Gasteiger partial charge in [0.15, 0.2) is 5.82 Å². The molecule has 0 atom stereocenters. The predicted molar refractivity (Wildman–Crippen MR) is 104 cm³/mol. The molecule has 0 spiro atoms. The predicted octanol–water partition coefficient (Wildman–Crippen LogP) is 4.71. The third-order valence-electron chi connectivity index (χ3n) is 4.16. The van der Waals surface area contributed by atoms with Crippen molar-refractivity contribution in [1.82, 2.24) is 14.9 Å². The van der Waals surface area contributed by atoms with Gasteiger partial charge in [-0.25, -0.2) is 4.39 Å². The normalized spacial score (nSPS) is 11.4. The van der Waals surface area contributed by atoms with Crippen LogP contribution in [-0.4, -0.2) is 21.1 Å². The topological polar surface area (TPSA) is 46.0 Å². The highest BCUT2D eigenvalue weighted by atomic mass is 32.1. The van der Waals surface area contributed by atoms with Crippen LogP contribution in [-0.2, 0) is 6.42 Å². The summed E-state index contributed by atoms with van der Waals surface area (Å²) in [6.45, 7) is 0. The Morgan fingerprint density at radius 1 is 1.04 bits per heavy atom. The molecule has 4 nitrogen and oxygen atoms in total. The highest BCUT2D eigenvalue weighted by Crippen LogP contribution is 2.20. The minimum absolute atomic E-state index is 0.332. The first-order valence-corrected chi connectivity index (χ1v) is 8.55. The first kappa shape index (κ1) is 16.4. The number of hydrogen-bond donors (Lipinski definition) is 1. The van der Waals surface area contributed by atoms with Gasteiger partial charge in [-0.05, 0) is 34.6 Å². The molecule has 6 heteroatoms. The van der Waals surface area contributed by atoms with Crippen LogP contribution in [0.3, 0.4) is 0 Å². The molecule has 3 aromatic carbocycles. The number of hydrogen-bond acceptors (Lipinski definition) is 3. The van der Waals surface area contributed by atoms with Gasteiger partial charge in [0.2, 0.25) is 4.77 Å². The van der Waals surface area contributed by atoms with Crippen molar-refractivity contribution in [2.45, 2.75) is 6.42 Å². The molecule has 0 aliphatic rings. The van der Waals surface area contributed by atoms with Gasteiger partial charge >= 0.3 is 0 Å². The van der Waals surface area contributed by atoms with Crippen molar-refractivity contribution < 1.29 is 4.39 Å². The smallest absolute Gasteiger partial charge is 0.216 e. The molecule has 0 aliphatic carbocycles. The molecule has 0 saturated heterocycles. The van der Waals surface area contributed by atoms with Gasteiger partial charge in [0.25, 0.3) is 0 Å². The lowest BCUT2D eigenvalue weighted by Gasteiger charge is -2.06. The van der Waals surface area contributed by atoms with E-state index in [0.29, 0.717) is 22.6 Å². The van der Waals surface area contributed by atoms with Crippen LogP contribution in [0.15, 0.2) is 71.8 Å². The van der Waals surface area contributed by atoms with Gasteiger partial charge in [-0.2, -0.15) is 14.9 Å². The van der Waals surface area contributed by atoms with Crippen molar-refractivity contribution in [3.63, 3.8) is 0 Å². The summed E-state index contributed by atoms with van der Waals surface area (Å²) in [7, 11) is 0. The number of fused-ring (bicyclic) bond motifs is 1. The first-order valence-electron chi connectivity index (χ1n) is 8.14. The number of halogens is 1. The van der Waals surface area contributed by atoms with E-state index < -0.39 is 0 Å². The fourth-order valence-corrected chi connectivity index (χ4v) is 3.07. The number of rotatable bonds is 4. The van der Waals surface area contributed by atoms with Crippen molar-refractivity contribution in [3.05, 3.63) is 94.3 Å². The van der Waals surface area contributed by atoms with E-state index in [-0.39, 0.29) is 5.82 Å². The van der Waals surface area contributed by atoms with Gasteiger partial charge in [0.1, 0.15) is 5.82 Å². The van der Waals surface area contributed by atoms with Crippen LogP contribution >= 0.6 is 12.2 Å². The van der Waals surface area contributed by atoms with Gasteiger partial charge in [0.05, 0.1) is 6.21 Å². The van der Waals surface area contributed by atoms with Crippen molar-refractivity contribution >= 4 is 29.2 Å². The standard InChI is InChI=1S/C20H15FN4S/c21-18-11-4-2-7-16(18)13-22-25-19(23-24-20(25)26)12-15-9-5-8-14-6-1-3-10-17(14)15/h1-11,13H,12H2,(H,24,26)/b22-13-. The highest BCUT2D eigenvalue weighted by Gasteiger charge is 2.09. The van der Waals surface area contributed by atoms with E-state index in [1.807, 2.05) is 18.2 Å². The lowest BCUT2D eigenvalue weighted by atomic mass is 10.0. The number of aromatic amines is 1. The largest absolute Gasteiger partial charge is 0.250 e. The fraction of sp³-hybridized carbons (Fsp3) is 0.0500. The minimum Gasteiger partial charge on any atom is -0.250 e. The van der Waals surface area contributed by atoms with Crippen molar-refractivity contribution in [1.29, 1.82) is 0 Å². The van der Waals surface area contributed by atoms with E-state index in [0.717, 1.165) is 10.9 Å². The fourth-order valence-electron chi connectivity index (χ4n) is 2.87. The first-order chi connectivity index (χ1) is 12.7. The maximum atomic E-state index is 13.8. The molecule has 1 aromatic heterocycles. The summed E-state index contributed by atoms with van der Waals surface area (Å²) >= 11 is 5.27. The zero-order valence-corrected chi connectivity index (χ0v) is 14.6. The summed E-state index contributed by atoms with van der Waals surface area (Å²) < 4.78 is 15.7. The second kappa shape index (κ2) is 7.01. The van der Waals surface area contributed by atoms with E-state index in [4.69, 9.17) is 12.2 Å². The van der Waals surface area contributed by atoms with Crippen LogP contribution in [0.1, 0.15) is 17.0 Å². The maximum absolute atomic E-state index is 13.8. The molecule has 0 fully saturated rings. The summed E-state index contributed by atoms with van der Waals surface area (Å²) in [5, 5.41) is 13.7. The Hall–Kier alpha value is -3.12. The quantitative estimate of drug-likeness (QED) is 0.422. The molecule has 0 unspecified atom stereocenters. The second-order valence-corrected chi connectivity index (χ2v) is 6.22. The molecule has 0 bridgehead atoms. The zero-order chi connectivity index (χ0) is 17.9. The van der Waals surface area contributed by atoms with Crippen LogP contribution in [0.2, 0.25) is 0 Å². The Bertz CT molecular complexity index is 1150. The molecule has 0 radical (unpaired) electrons. The molecule has 4 rings (SSSR count). The average Bonchev–Trinajstić information content (AvgIpc) is 3.01. The second-order valence-electron chi connectivity index (χ2n) is 5.84. The molecular formula is C20H15FN4S. The number of benzene rings is 3. The van der Waals surface area contributed by atoms with E-state index in [2.05, 4.69) is 39.6 Å². The molecule has 1 heterocycles. The average molecular weight is 362 g/mol. The van der Waals surface area contributed by atoms with Crippen LogP contribution in [0, 0.1) is 10.6 Å². The summed E-state index contributed by atoms with van der Waals surface area (Å²) in [6.07, 6.45) is 2.01. The van der Waals surface area contributed by atoms with E-state index in [9.17, 15) is 4.39 Å². The van der Waals surface area contributed by atoms with Crippen molar-refractivity contribution in [2.24, 2.45) is 5.10 Å². The molecule has 26 heavy (non-hydrogen) atoms. The van der Waals surface area contributed by atoms with E-state index in [1.165, 1.54) is 22.3 Å². The molecular weight excluding hydrogens is 347 g/mol. The Labute approximate surface area is 154 Å². The molecule has 128 valence electrons. The van der Waals surface area contributed by atoms with Gasteiger partial charge in [-0.3, -0.25) is 5.10 Å². The van der Waals surface area contributed by atoms with Crippen molar-refractivity contribution in [3.8, 4) is 0 Å². The van der Waals surface area contributed by atoms with Crippen LogP contribution in [0.4, 0.5) is 4.39 Å². The lowest BCUT2D eigenvalue weighted by molar-refractivity contribution is 0.625. The Morgan fingerprint density at radius 2 is 1.81 bits per heavy atom. The number of nitrogens with zero attached hydrogens (tertiary/aromatic N) is 3. The summed E-state index contributed by atoms with van der Waals surface area (Å²) in [4.78, 5) is 0. The lowest BCUT2D eigenvalue weighted by Crippen LogP contribution is -2.01. The zero-order valence-electron chi connectivity index (χ0n) is 13.8. The van der Waals surface area contributed by atoms with Crippen LogP contribution < -0.4 is 0 Å². The third-order valence-corrected chi connectivity index (χ3v) is 4.43. The van der Waals surface area contributed by atoms with Gasteiger partial charge in [-0.1, -0.05) is 60.7 Å². The number of nitrogens with one attached hydrogen (secondary N) is 1. The number of aromatic nitrogens is 3. The monoisotopic (exact) mass is 362 g/mol. The molecule has 0 aliphatic heterocycles. The van der Waals surface area contributed by atoms with Gasteiger partial charge in [-0.15, -0.1) is 0 Å². The van der Waals surface area contributed by atoms with Gasteiger partial charge in [0, 0.05) is 12.0 Å². The Balaban J connectivity index is 1.71. The molecule has 0 amide bonds. The number of H-pyrrole nitrogens is 1. The third kappa shape index (κ3) is 3.19. The molecule has 0 saturated carbocycles. The van der Waals surface area contributed by atoms with E-state index in [1.54, 1.807) is 18.2 Å². The Morgan fingerprint density at radius 3 is 2.69 bits per heavy atom.